The summed E-state index contributed by atoms with van der Waals surface area (Å²) >= 11 is 0. The molecule has 0 spiro atoms. The number of ether oxygens (including phenoxy) is 2. The lowest BCUT2D eigenvalue weighted by Gasteiger charge is -2.11. The summed E-state index contributed by atoms with van der Waals surface area (Å²) in [6.07, 6.45) is 0. The van der Waals surface area contributed by atoms with Gasteiger partial charge in [0.15, 0.2) is 0 Å². The average Bonchev–Trinajstić information content (AvgIpc) is 0.846. The van der Waals surface area contributed by atoms with E-state index in [0.29, 0.717) is 28.2 Å². The molecule has 0 saturated heterocycles. The molecule has 0 bridgehead atoms. The van der Waals surface area contributed by atoms with Crippen LogP contribution in [0, 0.1) is 83.1 Å². The monoisotopic (exact) mass is 1490 g/mol. The normalized spacial score (nSPS) is 10.2. The van der Waals surface area contributed by atoms with Crippen molar-refractivity contribution in [3.63, 3.8) is 0 Å². The molecule has 7 heteroatoms. The summed E-state index contributed by atoms with van der Waals surface area (Å²) in [4.78, 5) is 35.9. The molecule has 2 N–H and O–H groups in total. The number of carbonyl (C=O) groups is 3. The third kappa shape index (κ3) is 26.2. The van der Waals surface area contributed by atoms with E-state index in [1.165, 1.54) is 89.0 Å². The van der Waals surface area contributed by atoms with Gasteiger partial charge in [0.1, 0.15) is 11.5 Å². The number of anilines is 2. The van der Waals surface area contributed by atoms with Crippen LogP contribution in [0.1, 0.15) is 103 Å². The number of carbonyl (C=O) groups excluding carboxylic acids is 3. The molecule has 0 aromatic heterocycles. The van der Waals surface area contributed by atoms with E-state index >= 15 is 0 Å². The third-order valence-electron chi connectivity index (χ3n) is 18.9. The van der Waals surface area contributed by atoms with E-state index in [-0.39, 0.29) is 17.8 Å². The van der Waals surface area contributed by atoms with Crippen molar-refractivity contribution in [2.45, 2.75) is 83.1 Å². The highest BCUT2D eigenvalue weighted by Crippen LogP contribution is 2.29. The van der Waals surface area contributed by atoms with Crippen LogP contribution in [0.3, 0.4) is 0 Å². The van der Waals surface area contributed by atoms with Crippen molar-refractivity contribution < 1.29 is 23.9 Å². The Bertz CT molecular complexity index is 5170. The minimum Gasteiger partial charge on any atom is -0.423 e. The van der Waals surface area contributed by atoms with Gasteiger partial charge >= 0.3 is 11.9 Å². The minimum atomic E-state index is -0.343. The first-order chi connectivity index (χ1) is 55.0. The quantitative estimate of drug-likeness (QED) is 0.0832. The second-order valence-corrected chi connectivity index (χ2v) is 28.9. The van der Waals surface area contributed by atoms with Crippen molar-refractivity contribution >= 4 is 34.9 Å². The zero-order chi connectivity index (χ0) is 80.9. The minimum absolute atomic E-state index is 0.0751. The van der Waals surface area contributed by atoms with E-state index in [2.05, 4.69) is 284 Å². The molecule has 0 aliphatic heterocycles. The molecule has 0 fully saturated rings. The van der Waals surface area contributed by atoms with Gasteiger partial charge in [0, 0.05) is 22.6 Å². The topological polar surface area (TPSA) is 93.7 Å². The largest absolute Gasteiger partial charge is 0.423 e. The Morgan fingerprint density at radius 3 is 0.588 bits per heavy atom. The van der Waals surface area contributed by atoms with Crippen LogP contribution >= 0.6 is 0 Å². The van der Waals surface area contributed by atoms with E-state index in [1.54, 1.807) is 48.5 Å². The Labute approximate surface area is 675 Å². The van der Waals surface area contributed by atoms with Gasteiger partial charge in [-0.3, -0.25) is 4.79 Å². The molecule has 15 rings (SSSR count). The average molecular weight is 1490 g/mol. The van der Waals surface area contributed by atoms with E-state index in [9.17, 15) is 14.4 Å². The van der Waals surface area contributed by atoms with Gasteiger partial charge in [-0.1, -0.05) is 352 Å². The van der Waals surface area contributed by atoms with Crippen LogP contribution in [-0.4, -0.2) is 17.8 Å². The number of hydrogen-bond donors (Lipinski definition) is 2. The molecule has 114 heavy (non-hydrogen) atoms. The fraction of sp³-hybridized carbons (Fsp3) is 0.112. The van der Waals surface area contributed by atoms with Crippen LogP contribution in [0.5, 0.6) is 11.5 Å². The molecule has 0 saturated carbocycles. The van der Waals surface area contributed by atoms with Gasteiger partial charge in [0.2, 0.25) is 0 Å². The first-order valence-electron chi connectivity index (χ1n) is 38.4. The van der Waals surface area contributed by atoms with Crippen LogP contribution < -0.4 is 20.1 Å². The predicted octanol–water partition coefficient (Wildman–Crippen LogP) is 27.9. The third-order valence-corrected chi connectivity index (χ3v) is 18.9. The van der Waals surface area contributed by atoms with Crippen molar-refractivity contribution in [1.29, 1.82) is 0 Å². The maximum atomic E-state index is 12.2. The van der Waals surface area contributed by atoms with Gasteiger partial charge in [-0.2, -0.15) is 0 Å². The zero-order valence-electron chi connectivity index (χ0n) is 67.4. The molecule has 0 unspecified atom stereocenters. The predicted molar refractivity (Wildman–Crippen MR) is 479 cm³/mol. The molecule has 15 aromatic rings. The van der Waals surface area contributed by atoms with E-state index in [4.69, 9.17) is 9.47 Å². The van der Waals surface area contributed by atoms with Crippen molar-refractivity contribution in [1.82, 2.24) is 0 Å². The van der Waals surface area contributed by atoms with Gasteiger partial charge < -0.3 is 20.1 Å². The fourth-order valence-corrected chi connectivity index (χ4v) is 11.7. The Kier molecular flexibility index (Phi) is 30.0. The molecular weight excluding hydrogens is 1390 g/mol. The van der Waals surface area contributed by atoms with E-state index in [1.807, 2.05) is 132 Å². The lowest BCUT2D eigenvalue weighted by atomic mass is 9.99. The van der Waals surface area contributed by atoms with Crippen LogP contribution in [0.25, 0.3) is 61.3 Å². The van der Waals surface area contributed by atoms with Gasteiger partial charge in [-0.15, -0.1) is 0 Å². The highest BCUT2D eigenvalue weighted by Gasteiger charge is 2.12. The number of rotatable bonds is 14. The Balaban J connectivity index is 0.000000146. The molecule has 0 aliphatic rings. The highest BCUT2D eigenvalue weighted by atomic mass is 16.5. The maximum absolute atomic E-state index is 12.2. The molecule has 568 valence electrons. The summed E-state index contributed by atoms with van der Waals surface area (Å²) in [5.41, 5.74) is 32.7. The molecule has 0 heterocycles. The van der Waals surface area contributed by atoms with Crippen LogP contribution in [0.2, 0.25) is 0 Å². The van der Waals surface area contributed by atoms with Gasteiger partial charge in [0.25, 0.3) is 5.91 Å². The SMILES string of the molecule is C=C(Nc1ccc(C)cc1)c1ccc(-c2ccc(C)cc2)cc1.Cc1ccc(-c2ccc(-c3ccc(C)cc3)cc2)cc1.Cc1ccc(-c2ccc(C)cc2)cc1.Cc1ccc(NC(=O)c2ccc(C)cc2)cc1.Cc1ccc(OC(=O)c2ccc(-c3ccc(C)cc3)cc2)cc1.Cc1ccc(OC(=O)c2ccc(C)cc2)cc1. The van der Waals surface area contributed by atoms with Crippen LogP contribution in [-0.2, 0) is 0 Å². The molecule has 0 atom stereocenters. The highest BCUT2D eigenvalue weighted by molar-refractivity contribution is 6.04. The lowest BCUT2D eigenvalue weighted by Crippen LogP contribution is -2.11. The number of nitrogens with one attached hydrogen (secondary N) is 2. The van der Waals surface area contributed by atoms with E-state index in [0.717, 1.165) is 56.0 Å². The summed E-state index contributed by atoms with van der Waals surface area (Å²) in [6, 6.07) is 122. The second-order valence-electron chi connectivity index (χ2n) is 28.9. The number of hydrogen-bond acceptors (Lipinski definition) is 6. The lowest BCUT2D eigenvalue weighted by molar-refractivity contribution is 0.0725. The Morgan fingerprint density at radius 1 is 0.193 bits per heavy atom. The standard InChI is InChI=1S/C22H21N.C21H18O2.C20H18.C15H15NO.C15H14O2.C14H14/c1-16-4-8-20(9-5-16)21-12-10-19(11-13-21)18(3)23-22-14-6-17(2)7-15-22;1-15-3-7-17(8-4-15)18-9-11-19(12-10-18)21(22)23-20-13-5-16(2)6-14-20;1-15-3-7-17(8-4-15)19-11-13-20(14-12-19)18-9-5-16(2)6-10-18;1-11-3-7-13(8-4-11)15(17)16-14-9-5-12(2)6-10-14;1-11-3-7-13(8-4-11)15(16)17-14-9-5-12(2)6-10-14;1-11-3-7-13(8-4-11)14-9-5-12(2)6-10-14/h4-15,23H,3H2,1-2H3;3-14H,1-2H3;3-14H,1-2H3;3-10H,1-2H3,(H,16,17);3-10H,1-2H3;3-10H,1-2H3. The van der Waals surface area contributed by atoms with E-state index < -0.39 is 0 Å². The molecule has 1 amide bonds. The van der Waals surface area contributed by atoms with Gasteiger partial charge in [-0.05, 0) is 229 Å². The summed E-state index contributed by atoms with van der Waals surface area (Å²) in [5.74, 6) is 0.386. The molecule has 7 nitrogen and oxygen atoms in total. The van der Waals surface area contributed by atoms with Crippen molar-refractivity contribution in [3.8, 4) is 67.1 Å². The first-order valence-corrected chi connectivity index (χ1v) is 38.4. The number of amides is 1. The van der Waals surface area contributed by atoms with Crippen molar-refractivity contribution in [2.24, 2.45) is 0 Å². The Hall–Kier alpha value is -13.8. The molecular formula is C107H100N2O5. The maximum Gasteiger partial charge on any atom is 0.343 e. The van der Waals surface area contributed by atoms with Gasteiger partial charge in [-0.25, -0.2) is 9.59 Å². The number of esters is 2. The summed E-state index contributed by atoms with van der Waals surface area (Å²) in [7, 11) is 0. The second kappa shape index (κ2) is 41.3. The van der Waals surface area contributed by atoms with Crippen LogP contribution in [0.4, 0.5) is 11.4 Å². The molecule has 0 aliphatic carbocycles. The van der Waals surface area contributed by atoms with Crippen LogP contribution in [0.15, 0.2) is 371 Å². The first kappa shape index (κ1) is 82.7. The molecule has 0 radical (unpaired) electrons. The Morgan fingerprint density at radius 2 is 0.351 bits per heavy atom. The van der Waals surface area contributed by atoms with Crippen molar-refractivity contribution in [3.05, 3.63) is 460 Å². The smallest absolute Gasteiger partial charge is 0.343 e. The van der Waals surface area contributed by atoms with Gasteiger partial charge in [0.05, 0.1) is 11.1 Å². The number of benzene rings is 15. The summed E-state index contributed by atoms with van der Waals surface area (Å²) < 4.78 is 10.6. The fourth-order valence-electron chi connectivity index (χ4n) is 11.7. The summed E-state index contributed by atoms with van der Waals surface area (Å²) in [6.45, 7) is 28.8. The zero-order valence-corrected chi connectivity index (χ0v) is 67.4. The summed E-state index contributed by atoms with van der Waals surface area (Å²) in [5, 5.41) is 6.22. The number of aryl methyl sites for hydroxylation is 12. The van der Waals surface area contributed by atoms with Crippen molar-refractivity contribution in [2.75, 3.05) is 10.6 Å². The molecule has 15 aromatic carbocycles.